The van der Waals surface area contributed by atoms with Crippen molar-refractivity contribution in [3.8, 4) is 0 Å². The van der Waals surface area contributed by atoms with Crippen molar-refractivity contribution in [1.29, 1.82) is 0 Å². The number of aliphatic carboxylic acids is 3. The predicted molar refractivity (Wildman–Crippen MR) is 72.2 cm³/mol. The van der Waals surface area contributed by atoms with Crippen LogP contribution in [0.5, 0.6) is 0 Å². The van der Waals surface area contributed by atoms with Crippen molar-refractivity contribution in [2.24, 2.45) is 4.99 Å². The second kappa shape index (κ2) is 25.0. The molecular formula is C12H17NO7. The highest BCUT2D eigenvalue weighted by molar-refractivity contribution is 5.79. The van der Waals surface area contributed by atoms with E-state index in [1.165, 1.54) is 6.08 Å². The molecule has 0 fully saturated rings. The Morgan fingerprint density at radius 2 is 1.15 bits per heavy atom. The lowest BCUT2D eigenvalue weighted by Gasteiger charge is -1.64. The molecule has 0 aromatic carbocycles. The van der Waals surface area contributed by atoms with Crippen LogP contribution in [0.1, 0.15) is 6.92 Å². The highest BCUT2D eigenvalue weighted by atomic mass is 16.4. The average molecular weight is 287 g/mol. The van der Waals surface area contributed by atoms with Crippen LogP contribution in [0.25, 0.3) is 0 Å². The number of hydrogen-bond acceptors (Lipinski definition) is 5. The highest BCUT2D eigenvalue weighted by Crippen LogP contribution is 1.55. The van der Waals surface area contributed by atoms with E-state index in [0.29, 0.717) is 6.54 Å². The fourth-order valence-corrected chi connectivity index (χ4v) is 0.0645. The van der Waals surface area contributed by atoms with Gasteiger partial charge in [0.2, 0.25) is 6.08 Å². The molecule has 0 radical (unpaired) electrons. The third-order valence-corrected chi connectivity index (χ3v) is 0.747. The molecule has 0 unspecified atom stereocenters. The van der Waals surface area contributed by atoms with E-state index in [0.717, 1.165) is 18.2 Å². The topological polar surface area (TPSA) is 141 Å². The van der Waals surface area contributed by atoms with Crippen molar-refractivity contribution in [2.45, 2.75) is 6.92 Å². The van der Waals surface area contributed by atoms with Crippen molar-refractivity contribution in [3.63, 3.8) is 0 Å². The van der Waals surface area contributed by atoms with E-state index in [2.05, 4.69) is 24.7 Å². The molecule has 3 N–H and O–H groups in total. The molecule has 0 aliphatic carbocycles. The molecule has 20 heavy (non-hydrogen) atoms. The summed E-state index contributed by atoms with van der Waals surface area (Å²) in [4.78, 5) is 40.0. The Labute approximate surface area is 116 Å². The van der Waals surface area contributed by atoms with Gasteiger partial charge in [0, 0.05) is 24.8 Å². The number of carboxylic acids is 3. The fourth-order valence-electron chi connectivity index (χ4n) is 0.0645. The van der Waals surface area contributed by atoms with E-state index < -0.39 is 17.9 Å². The molecule has 0 aliphatic rings. The summed E-state index contributed by atoms with van der Waals surface area (Å²) in [5.74, 6) is -2.94. The monoisotopic (exact) mass is 287 g/mol. The van der Waals surface area contributed by atoms with E-state index in [4.69, 9.17) is 20.1 Å². The summed E-state index contributed by atoms with van der Waals surface area (Å²) < 4.78 is 0. The minimum Gasteiger partial charge on any atom is -0.478 e. The normalized spacial score (nSPS) is 6.25. The number of isocyanates is 1. The standard InChI is InChI=1S/C3H5NO.3C3H4O2/c1-2-4-3-5;3*1-2-3(4)5/h2H2,1H3;3*2H,1H2,(H,4,5). The van der Waals surface area contributed by atoms with Gasteiger partial charge in [-0.2, -0.15) is 0 Å². The summed E-state index contributed by atoms with van der Waals surface area (Å²) in [6.45, 7) is 11.2. The Balaban J connectivity index is -0.0000000853. The largest absolute Gasteiger partial charge is 0.478 e. The van der Waals surface area contributed by atoms with Gasteiger partial charge in [0.1, 0.15) is 0 Å². The van der Waals surface area contributed by atoms with Gasteiger partial charge >= 0.3 is 17.9 Å². The van der Waals surface area contributed by atoms with Crippen LogP contribution in [0.2, 0.25) is 0 Å². The molecule has 0 aromatic heterocycles. The number of rotatable bonds is 4. The van der Waals surface area contributed by atoms with Crippen LogP contribution in [-0.2, 0) is 19.2 Å². The first-order valence-corrected chi connectivity index (χ1v) is 4.83. The van der Waals surface area contributed by atoms with Gasteiger partial charge in [0.15, 0.2) is 0 Å². The summed E-state index contributed by atoms with van der Waals surface area (Å²) in [6, 6.07) is 0. The number of nitrogens with zero attached hydrogens (tertiary/aromatic N) is 1. The molecule has 8 heteroatoms. The number of carbonyl (C=O) groups excluding carboxylic acids is 1. The van der Waals surface area contributed by atoms with Gasteiger partial charge in [-0.3, -0.25) is 0 Å². The molecule has 8 nitrogen and oxygen atoms in total. The predicted octanol–water partition coefficient (Wildman–Crippen LogP) is 1.11. The van der Waals surface area contributed by atoms with E-state index in [-0.39, 0.29) is 0 Å². The minimum absolute atomic E-state index is 0.545. The van der Waals surface area contributed by atoms with E-state index in [1.54, 1.807) is 6.92 Å². The molecule has 0 amide bonds. The minimum atomic E-state index is -0.981. The van der Waals surface area contributed by atoms with Gasteiger partial charge in [-0.25, -0.2) is 24.2 Å². The lowest BCUT2D eigenvalue weighted by atomic mass is 10.7. The van der Waals surface area contributed by atoms with Gasteiger partial charge in [-0.1, -0.05) is 19.7 Å². The zero-order valence-electron chi connectivity index (χ0n) is 11.0. The maximum Gasteiger partial charge on any atom is 0.327 e. The fraction of sp³-hybridized carbons (Fsp3) is 0.167. The van der Waals surface area contributed by atoms with Crippen molar-refractivity contribution >= 4 is 24.0 Å². The van der Waals surface area contributed by atoms with Gasteiger partial charge in [-0.15, -0.1) is 0 Å². The second-order valence-electron chi connectivity index (χ2n) is 2.19. The van der Waals surface area contributed by atoms with Crippen LogP contribution in [-0.4, -0.2) is 45.9 Å². The van der Waals surface area contributed by atoms with E-state index in [9.17, 15) is 14.4 Å². The molecule has 112 valence electrons. The van der Waals surface area contributed by atoms with Crippen LogP contribution in [0.3, 0.4) is 0 Å². The number of hydrogen-bond donors (Lipinski definition) is 3. The molecule has 0 bridgehead atoms. The first-order valence-electron chi connectivity index (χ1n) is 4.83. The highest BCUT2D eigenvalue weighted by Gasteiger charge is 1.74. The van der Waals surface area contributed by atoms with Gasteiger partial charge in [0.05, 0.1) is 0 Å². The molecule has 0 aliphatic heterocycles. The van der Waals surface area contributed by atoms with Crippen LogP contribution in [0.4, 0.5) is 0 Å². The zero-order valence-corrected chi connectivity index (χ0v) is 11.0. The van der Waals surface area contributed by atoms with E-state index in [1.807, 2.05) is 0 Å². The first-order chi connectivity index (χ1) is 9.22. The Morgan fingerprint density at radius 3 is 1.15 bits per heavy atom. The maximum absolute atomic E-state index is 9.25. The lowest BCUT2D eigenvalue weighted by molar-refractivity contribution is -0.132. The molecule has 0 atom stereocenters. The van der Waals surface area contributed by atoms with Crippen molar-refractivity contribution < 1.29 is 34.5 Å². The zero-order chi connectivity index (χ0) is 17.0. The van der Waals surface area contributed by atoms with Crippen LogP contribution < -0.4 is 0 Å². The molecule has 0 rings (SSSR count). The van der Waals surface area contributed by atoms with Gasteiger partial charge in [-0.05, 0) is 6.92 Å². The third-order valence-electron chi connectivity index (χ3n) is 0.747. The second-order valence-corrected chi connectivity index (χ2v) is 2.19. The molecular weight excluding hydrogens is 270 g/mol. The molecule has 0 saturated heterocycles. The number of carboxylic acid groups (broad SMARTS) is 3. The first kappa shape index (κ1) is 25.8. The SMILES string of the molecule is C=CC(=O)O.C=CC(=O)O.C=CC(=O)O.CCN=C=O. The summed E-state index contributed by atoms with van der Waals surface area (Å²) in [7, 11) is 0. The summed E-state index contributed by atoms with van der Waals surface area (Å²) in [5.41, 5.74) is 0. The molecule has 0 aromatic rings. The quantitative estimate of drug-likeness (QED) is 0.399. The molecule has 0 heterocycles. The van der Waals surface area contributed by atoms with Crippen molar-refractivity contribution in [2.75, 3.05) is 6.54 Å². The molecule has 0 spiro atoms. The lowest BCUT2D eigenvalue weighted by Crippen LogP contribution is -1.82. The van der Waals surface area contributed by atoms with Crippen molar-refractivity contribution in [3.05, 3.63) is 38.0 Å². The summed E-state index contributed by atoms with van der Waals surface area (Å²) in [6.07, 6.45) is 3.89. The summed E-state index contributed by atoms with van der Waals surface area (Å²) >= 11 is 0. The van der Waals surface area contributed by atoms with Crippen molar-refractivity contribution in [1.82, 2.24) is 0 Å². The summed E-state index contributed by atoms with van der Waals surface area (Å²) in [5, 5.41) is 22.8. The van der Waals surface area contributed by atoms with Gasteiger partial charge < -0.3 is 15.3 Å². The Bertz CT molecular complexity index is 325. The van der Waals surface area contributed by atoms with Crippen LogP contribution in [0, 0.1) is 0 Å². The smallest absolute Gasteiger partial charge is 0.327 e. The number of carbonyl (C=O) groups is 3. The Morgan fingerprint density at radius 1 is 0.950 bits per heavy atom. The Hall–Kier alpha value is -2.99. The van der Waals surface area contributed by atoms with Crippen LogP contribution >= 0.6 is 0 Å². The van der Waals surface area contributed by atoms with Gasteiger partial charge in [0.25, 0.3) is 0 Å². The molecule has 0 saturated carbocycles. The van der Waals surface area contributed by atoms with Crippen LogP contribution in [0.15, 0.2) is 43.0 Å². The maximum atomic E-state index is 9.25. The third kappa shape index (κ3) is 117. The number of aliphatic imine (C=N–C) groups is 1. The average Bonchev–Trinajstić information content (AvgIpc) is 2.41. The van der Waals surface area contributed by atoms with E-state index >= 15 is 0 Å². The Kier molecular flexibility index (Phi) is 32.2.